The number of hydrogen-bond acceptors (Lipinski definition) is 5. The van der Waals surface area contributed by atoms with E-state index < -0.39 is 12.0 Å². The van der Waals surface area contributed by atoms with Gasteiger partial charge >= 0.3 is 5.97 Å². The third-order valence-corrected chi connectivity index (χ3v) is 6.90. The Balaban J connectivity index is 1.38. The zero-order chi connectivity index (χ0) is 23.4. The molecule has 0 radical (unpaired) electrons. The molecule has 3 heterocycles. The molecule has 2 aliphatic rings. The second kappa shape index (κ2) is 10.4. The van der Waals surface area contributed by atoms with Gasteiger partial charge in [0, 0.05) is 55.9 Å². The van der Waals surface area contributed by atoms with Gasteiger partial charge in [0.15, 0.2) is 0 Å². The number of benzene rings is 1. The number of aliphatic carboxylic acids is 1. The fourth-order valence-electron chi connectivity index (χ4n) is 4.84. The summed E-state index contributed by atoms with van der Waals surface area (Å²) in [6.07, 6.45) is 3.98. The number of hydrogen-bond donors (Lipinski definition) is 3. The van der Waals surface area contributed by atoms with Gasteiger partial charge in [-0.25, -0.2) is 0 Å². The Hall–Kier alpha value is -2.91. The molecular weight excluding hydrogens is 422 g/mol. The fraction of sp³-hybridized carbons (Fsp3) is 0.542. The first-order valence-electron chi connectivity index (χ1n) is 11.7. The maximum absolute atomic E-state index is 13.3. The van der Waals surface area contributed by atoms with Crippen molar-refractivity contribution in [1.29, 1.82) is 0 Å². The number of carbonyl (C=O) groups is 3. The van der Waals surface area contributed by atoms with Crippen LogP contribution in [0.5, 0.6) is 0 Å². The second-order valence-corrected chi connectivity index (χ2v) is 9.13. The number of carbonyl (C=O) groups excluding carboxylic acids is 2. The van der Waals surface area contributed by atoms with E-state index in [2.05, 4.69) is 27.1 Å². The van der Waals surface area contributed by atoms with Crippen LogP contribution in [-0.2, 0) is 9.59 Å². The van der Waals surface area contributed by atoms with E-state index in [-0.39, 0.29) is 24.7 Å². The quantitative estimate of drug-likeness (QED) is 0.582. The number of aromatic nitrogens is 1. The summed E-state index contributed by atoms with van der Waals surface area (Å²) in [6.45, 7) is 5.01. The number of fused-ring (bicyclic) bond motifs is 1. The molecule has 0 unspecified atom stereocenters. The van der Waals surface area contributed by atoms with Crippen LogP contribution in [0, 0.1) is 0 Å². The second-order valence-electron chi connectivity index (χ2n) is 9.13. The van der Waals surface area contributed by atoms with Crippen LogP contribution in [0.3, 0.4) is 0 Å². The van der Waals surface area contributed by atoms with Crippen LogP contribution in [0.2, 0.25) is 0 Å². The van der Waals surface area contributed by atoms with Crippen molar-refractivity contribution < 1.29 is 19.5 Å². The van der Waals surface area contributed by atoms with Gasteiger partial charge < -0.3 is 25.2 Å². The van der Waals surface area contributed by atoms with Gasteiger partial charge in [-0.05, 0) is 63.0 Å². The van der Waals surface area contributed by atoms with Crippen molar-refractivity contribution in [3.63, 3.8) is 0 Å². The number of nitrogens with zero attached hydrogens (tertiary/aromatic N) is 3. The van der Waals surface area contributed by atoms with E-state index in [1.54, 1.807) is 23.2 Å². The molecule has 178 valence electrons. The van der Waals surface area contributed by atoms with E-state index in [1.807, 2.05) is 12.1 Å². The monoisotopic (exact) mass is 455 g/mol. The van der Waals surface area contributed by atoms with Crippen molar-refractivity contribution in [1.82, 2.24) is 25.0 Å². The summed E-state index contributed by atoms with van der Waals surface area (Å²) in [4.78, 5) is 47.0. The third-order valence-electron chi connectivity index (χ3n) is 6.90. The van der Waals surface area contributed by atoms with Gasteiger partial charge in [-0.15, -0.1) is 0 Å². The molecule has 9 nitrogen and oxygen atoms in total. The number of aromatic amines is 1. The molecule has 3 N–H and O–H groups in total. The SMILES string of the molecule is CN1CCC(N2CCN(C(=O)[C@H](CCC(=O)O)NC(=O)c3ccc4cc[nH]c4c3)CC2)CC1. The number of piperazine rings is 1. The molecule has 1 atom stereocenters. The first kappa shape index (κ1) is 23.3. The lowest BCUT2D eigenvalue weighted by atomic mass is 10.0. The topological polar surface area (TPSA) is 109 Å². The van der Waals surface area contributed by atoms with Gasteiger partial charge in [-0.2, -0.15) is 0 Å². The van der Waals surface area contributed by atoms with Crippen molar-refractivity contribution in [3.05, 3.63) is 36.0 Å². The minimum absolute atomic E-state index is 0.0693. The molecule has 0 saturated carbocycles. The number of nitrogens with one attached hydrogen (secondary N) is 2. The summed E-state index contributed by atoms with van der Waals surface area (Å²) in [5.74, 6) is -1.56. The summed E-state index contributed by atoms with van der Waals surface area (Å²) in [5, 5.41) is 12.9. The molecule has 2 aliphatic heterocycles. The van der Waals surface area contributed by atoms with Gasteiger partial charge in [0.05, 0.1) is 0 Å². The van der Waals surface area contributed by atoms with Crippen LogP contribution in [-0.4, -0.2) is 101 Å². The van der Waals surface area contributed by atoms with E-state index in [0.29, 0.717) is 24.7 Å². The first-order valence-corrected chi connectivity index (χ1v) is 11.7. The van der Waals surface area contributed by atoms with E-state index in [4.69, 9.17) is 5.11 Å². The maximum Gasteiger partial charge on any atom is 0.303 e. The molecule has 9 heteroatoms. The fourth-order valence-corrected chi connectivity index (χ4v) is 4.84. The average Bonchev–Trinajstić information content (AvgIpc) is 3.29. The van der Waals surface area contributed by atoms with Gasteiger partial charge in [0.25, 0.3) is 5.91 Å². The zero-order valence-corrected chi connectivity index (χ0v) is 19.1. The van der Waals surface area contributed by atoms with Gasteiger partial charge in [-0.3, -0.25) is 19.3 Å². The Morgan fingerprint density at radius 3 is 2.52 bits per heavy atom. The largest absolute Gasteiger partial charge is 0.481 e. The Kier molecular flexibility index (Phi) is 7.29. The number of H-pyrrole nitrogens is 1. The lowest BCUT2D eigenvalue weighted by Gasteiger charge is -2.42. The molecular formula is C24H33N5O4. The highest BCUT2D eigenvalue weighted by Gasteiger charge is 2.32. The highest BCUT2D eigenvalue weighted by atomic mass is 16.4. The van der Waals surface area contributed by atoms with Crippen LogP contribution in [0.4, 0.5) is 0 Å². The lowest BCUT2D eigenvalue weighted by molar-refractivity contribution is -0.138. The lowest BCUT2D eigenvalue weighted by Crippen LogP contribution is -2.57. The van der Waals surface area contributed by atoms with Crippen LogP contribution in [0.15, 0.2) is 30.5 Å². The maximum atomic E-state index is 13.3. The Morgan fingerprint density at radius 1 is 1.09 bits per heavy atom. The molecule has 0 bridgehead atoms. The van der Waals surface area contributed by atoms with Crippen LogP contribution >= 0.6 is 0 Å². The van der Waals surface area contributed by atoms with Crippen LogP contribution in [0.1, 0.15) is 36.0 Å². The van der Waals surface area contributed by atoms with Crippen LogP contribution in [0.25, 0.3) is 10.9 Å². The van der Waals surface area contributed by atoms with Crippen LogP contribution < -0.4 is 5.32 Å². The smallest absolute Gasteiger partial charge is 0.303 e. The van der Waals surface area contributed by atoms with Crippen molar-refractivity contribution >= 4 is 28.7 Å². The van der Waals surface area contributed by atoms with Crippen molar-refractivity contribution in [2.75, 3.05) is 46.3 Å². The number of amides is 2. The summed E-state index contributed by atoms with van der Waals surface area (Å²) in [7, 11) is 2.15. The predicted octanol–water partition coefficient (Wildman–Crippen LogP) is 1.37. The minimum Gasteiger partial charge on any atom is -0.481 e. The van der Waals surface area contributed by atoms with Crippen molar-refractivity contribution in [3.8, 4) is 0 Å². The summed E-state index contributed by atoms with van der Waals surface area (Å²) in [5.41, 5.74) is 1.27. The van der Waals surface area contributed by atoms with E-state index in [9.17, 15) is 14.4 Å². The minimum atomic E-state index is -0.984. The molecule has 1 aromatic carbocycles. The number of carboxylic acid groups (broad SMARTS) is 1. The molecule has 1 aromatic heterocycles. The van der Waals surface area contributed by atoms with E-state index >= 15 is 0 Å². The molecule has 0 spiro atoms. The standard InChI is InChI=1S/C24H33N5O4/c1-27-10-7-19(8-11-27)28-12-14-29(15-13-28)24(33)20(4-5-22(30)31)26-23(32)18-3-2-17-6-9-25-21(17)16-18/h2-3,6,9,16,19-20,25H,4-5,7-8,10-15H2,1H3,(H,26,32)(H,30,31)/t20-/m0/s1. The summed E-state index contributed by atoms with van der Waals surface area (Å²) in [6, 6.07) is 6.92. The average molecular weight is 456 g/mol. The predicted molar refractivity (Wildman–Crippen MR) is 125 cm³/mol. The van der Waals surface area contributed by atoms with Gasteiger partial charge in [-0.1, -0.05) is 6.07 Å². The number of rotatable bonds is 7. The van der Waals surface area contributed by atoms with E-state index in [0.717, 1.165) is 49.9 Å². The highest BCUT2D eigenvalue weighted by Crippen LogP contribution is 2.19. The molecule has 4 rings (SSSR count). The normalized spacial score (nSPS) is 19.5. The molecule has 2 amide bonds. The molecule has 2 aromatic rings. The zero-order valence-electron chi connectivity index (χ0n) is 19.1. The molecule has 0 aliphatic carbocycles. The third kappa shape index (κ3) is 5.72. The number of carboxylic acids is 1. The molecule has 2 fully saturated rings. The summed E-state index contributed by atoms with van der Waals surface area (Å²) >= 11 is 0. The highest BCUT2D eigenvalue weighted by molar-refractivity contribution is 6.00. The number of piperidine rings is 1. The molecule has 33 heavy (non-hydrogen) atoms. The summed E-state index contributed by atoms with van der Waals surface area (Å²) < 4.78 is 0. The van der Waals surface area contributed by atoms with Crippen molar-refractivity contribution in [2.45, 2.75) is 37.8 Å². The molecule has 2 saturated heterocycles. The Bertz CT molecular complexity index is 990. The van der Waals surface area contributed by atoms with Gasteiger partial charge in [0.1, 0.15) is 6.04 Å². The van der Waals surface area contributed by atoms with Gasteiger partial charge in [0.2, 0.25) is 5.91 Å². The van der Waals surface area contributed by atoms with Crippen molar-refractivity contribution in [2.24, 2.45) is 0 Å². The first-order chi connectivity index (χ1) is 15.9. The Morgan fingerprint density at radius 2 is 1.82 bits per heavy atom. The van der Waals surface area contributed by atoms with E-state index in [1.165, 1.54) is 0 Å². The Labute approximate surface area is 193 Å². The number of likely N-dealkylation sites (tertiary alicyclic amines) is 1.